The van der Waals surface area contributed by atoms with Gasteiger partial charge in [-0.15, -0.1) is 0 Å². The van der Waals surface area contributed by atoms with Crippen LogP contribution in [-0.4, -0.2) is 17.7 Å². The summed E-state index contributed by atoms with van der Waals surface area (Å²) in [5.74, 6) is 0.334. The van der Waals surface area contributed by atoms with Crippen LogP contribution in [0.25, 0.3) is 0 Å². The summed E-state index contributed by atoms with van der Waals surface area (Å²) in [6, 6.07) is 15.0. The Bertz CT molecular complexity index is 651. The maximum Gasteiger partial charge on any atom is 0.335 e. The molecule has 0 bridgehead atoms. The third-order valence-electron chi connectivity index (χ3n) is 3.78. The molecule has 4 nitrogen and oxygen atoms in total. The van der Waals surface area contributed by atoms with E-state index in [0.717, 1.165) is 17.0 Å². The number of carboxylic acids is 1. The summed E-state index contributed by atoms with van der Waals surface area (Å²) in [6.07, 6.45) is 0. The highest BCUT2D eigenvalue weighted by atomic mass is 16.5. The van der Waals surface area contributed by atoms with E-state index < -0.39 is 5.97 Å². The van der Waals surface area contributed by atoms with Crippen LogP contribution in [0.2, 0.25) is 0 Å². The Morgan fingerprint density at radius 1 is 1.19 bits per heavy atom. The molecule has 21 heavy (non-hydrogen) atoms. The lowest BCUT2D eigenvalue weighted by Crippen LogP contribution is -2.28. The van der Waals surface area contributed by atoms with E-state index in [9.17, 15) is 4.79 Å². The number of nitrogens with one attached hydrogen (secondary N) is 1. The molecule has 1 aliphatic heterocycles. The van der Waals surface area contributed by atoms with E-state index >= 15 is 0 Å². The maximum absolute atomic E-state index is 10.9. The quantitative estimate of drug-likeness (QED) is 0.904. The molecule has 4 heteroatoms. The van der Waals surface area contributed by atoms with Gasteiger partial charge in [-0.2, -0.15) is 0 Å². The zero-order valence-corrected chi connectivity index (χ0v) is 11.7. The lowest BCUT2D eigenvalue weighted by Gasteiger charge is -2.32. The summed E-state index contributed by atoms with van der Waals surface area (Å²) in [5.41, 5.74) is 2.34. The molecule has 0 spiro atoms. The molecule has 0 aliphatic carbocycles. The Labute approximate surface area is 123 Å². The number of rotatable bonds is 3. The van der Waals surface area contributed by atoms with Crippen LogP contribution < -0.4 is 10.1 Å². The molecule has 0 amide bonds. The van der Waals surface area contributed by atoms with Crippen molar-refractivity contribution in [3.05, 3.63) is 59.7 Å². The van der Waals surface area contributed by atoms with Gasteiger partial charge in [-0.05, 0) is 30.3 Å². The number of fused-ring (bicyclic) bond motifs is 1. The van der Waals surface area contributed by atoms with Gasteiger partial charge in [0.05, 0.1) is 18.2 Å². The van der Waals surface area contributed by atoms with Crippen molar-refractivity contribution in [2.24, 2.45) is 5.92 Å². The molecule has 2 atom stereocenters. The molecule has 1 aliphatic rings. The smallest absolute Gasteiger partial charge is 0.335 e. The zero-order chi connectivity index (χ0) is 14.8. The van der Waals surface area contributed by atoms with Crippen molar-refractivity contribution in [2.75, 3.05) is 11.9 Å². The Kier molecular flexibility index (Phi) is 3.52. The molecule has 0 radical (unpaired) electrons. The Balaban J connectivity index is 1.85. The lowest BCUT2D eigenvalue weighted by molar-refractivity contribution is 0.0697. The van der Waals surface area contributed by atoms with Gasteiger partial charge in [0.1, 0.15) is 5.75 Å². The Morgan fingerprint density at radius 2 is 1.90 bits per heavy atom. The van der Waals surface area contributed by atoms with Gasteiger partial charge in [-0.3, -0.25) is 0 Å². The van der Waals surface area contributed by atoms with Crippen molar-refractivity contribution in [1.29, 1.82) is 0 Å². The van der Waals surface area contributed by atoms with Crippen molar-refractivity contribution in [3.8, 4) is 5.75 Å². The van der Waals surface area contributed by atoms with Crippen LogP contribution in [0, 0.1) is 5.92 Å². The predicted molar refractivity (Wildman–Crippen MR) is 80.9 cm³/mol. The molecule has 2 aromatic carbocycles. The number of carbonyl (C=O) groups is 1. The fourth-order valence-electron chi connectivity index (χ4n) is 2.60. The highest BCUT2D eigenvalue weighted by Gasteiger charge is 2.27. The normalized spacial score (nSPS) is 20.2. The van der Waals surface area contributed by atoms with E-state index in [1.807, 2.05) is 18.2 Å². The van der Waals surface area contributed by atoms with Crippen molar-refractivity contribution >= 4 is 11.7 Å². The van der Waals surface area contributed by atoms with Crippen LogP contribution >= 0.6 is 0 Å². The Morgan fingerprint density at radius 3 is 2.62 bits per heavy atom. The first-order chi connectivity index (χ1) is 10.1. The van der Waals surface area contributed by atoms with E-state index in [2.05, 4.69) is 18.3 Å². The van der Waals surface area contributed by atoms with Crippen LogP contribution in [0.3, 0.4) is 0 Å². The van der Waals surface area contributed by atoms with Crippen LogP contribution in [0.5, 0.6) is 5.75 Å². The average molecular weight is 283 g/mol. The summed E-state index contributed by atoms with van der Waals surface area (Å²) in [5, 5.41) is 12.4. The molecule has 108 valence electrons. The molecule has 1 heterocycles. The summed E-state index contributed by atoms with van der Waals surface area (Å²) in [6.45, 7) is 2.81. The van der Waals surface area contributed by atoms with Gasteiger partial charge < -0.3 is 15.2 Å². The number of carboxylic acid groups (broad SMARTS) is 1. The van der Waals surface area contributed by atoms with Gasteiger partial charge in [0.25, 0.3) is 0 Å². The third-order valence-corrected chi connectivity index (χ3v) is 3.78. The first-order valence-electron chi connectivity index (χ1n) is 6.97. The number of hydrogen-bond acceptors (Lipinski definition) is 3. The standard InChI is InChI=1S/C17H17NO3/c1-11-10-21-15-5-3-2-4-14(15)16(11)18-13-8-6-12(7-9-13)17(19)20/h2-9,11,16,18H,10H2,1H3,(H,19,20). The first-order valence-corrected chi connectivity index (χ1v) is 6.97. The van der Waals surface area contributed by atoms with Crippen molar-refractivity contribution in [2.45, 2.75) is 13.0 Å². The van der Waals surface area contributed by atoms with Gasteiger partial charge in [0, 0.05) is 17.2 Å². The number of hydrogen-bond donors (Lipinski definition) is 2. The van der Waals surface area contributed by atoms with Gasteiger partial charge in [-0.25, -0.2) is 4.79 Å². The molecule has 2 N–H and O–H groups in total. The van der Waals surface area contributed by atoms with Crippen molar-refractivity contribution in [1.82, 2.24) is 0 Å². The minimum atomic E-state index is -0.911. The SMILES string of the molecule is CC1COc2ccccc2C1Nc1ccc(C(=O)O)cc1. The molecule has 3 rings (SSSR count). The van der Waals surface area contributed by atoms with Crippen LogP contribution in [0.15, 0.2) is 48.5 Å². The topological polar surface area (TPSA) is 58.6 Å². The van der Waals surface area contributed by atoms with Crippen molar-refractivity contribution < 1.29 is 14.6 Å². The minimum absolute atomic E-state index is 0.158. The number of anilines is 1. The second-order valence-corrected chi connectivity index (χ2v) is 5.33. The van der Waals surface area contributed by atoms with E-state index in [4.69, 9.17) is 9.84 Å². The van der Waals surface area contributed by atoms with Gasteiger partial charge in [0.2, 0.25) is 0 Å². The zero-order valence-electron chi connectivity index (χ0n) is 11.7. The molecule has 0 aromatic heterocycles. The highest BCUT2D eigenvalue weighted by Crippen LogP contribution is 2.37. The monoisotopic (exact) mass is 283 g/mol. The second-order valence-electron chi connectivity index (χ2n) is 5.33. The van der Waals surface area contributed by atoms with Crippen molar-refractivity contribution in [3.63, 3.8) is 0 Å². The van der Waals surface area contributed by atoms with Gasteiger partial charge in [-0.1, -0.05) is 25.1 Å². The maximum atomic E-state index is 10.9. The fourth-order valence-corrected chi connectivity index (χ4v) is 2.60. The second kappa shape index (κ2) is 5.48. The third kappa shape index (κ3) is 2.70. The number of ether oxygens (including phenoxy) is 1. The minimum Gasteiger partial charge on any atom is -0.493 e. The molecule has 0 saturated heterocycles. The number of para-hydroxylation sites is 1. The summed E-state index contributed by atoms with van der Waals surface area (Å²) < 4.78 is 5.74. The number of benzene rings is 2. The van der Waals surface area contributed by atoms with Crippen LogP contribution in [0.1, 0.15) is 28.9 Å². The largest absolute Gasteiger partial charge is 0.493 e. The lowest BCUT2D eigenvalue weighted by atomic mass is 9.92. The summed E-state index contributed by atoms with van der Waals surface area (Å²) in [7, 11) is 0. The van der Waals surface area contributed by atoms with E-state index in [1.165, 1.54) is 0 Å². The molecular formula is C17H17NO3. The molecule has 0 fully saturated rings. The molecule has 0 saturated carbocycles. The highest BCUT2D eigenvalue weighted by molar-refractivity contribution is 5.88. The average Bonchev–Trinajstić information content (AvgIpc) is 2.51. The van der Waals surface area contributed by atoms with Crippen LogP contribution in [-0.2, 0) is 0 Å². The summed E-state index contributed by atoms with van der Waals surface area (Å²) in [4.78, 5) is 10.9. The van der Waals surface area contributed by atoms with E-state index in [1.54, 1.807) is 24.3 Å². The molecular weight excluding hydrogens is 266 g/mol. The summed E-state index contributed by atoms with van der Waals surface area (Å²) >= 11 is 0. The van der Waals surface area contributed by atoms with Gasteiger partial charge in [0.15, 0.2) is 0 Å². The Hall–Kier alpha value is -2.49. The molecule has 2 aromatic rings. The van der Waals surface area contributed by atoms with E-state index in [0.29, 0.717) is 18.1 Å². The van der Waals surface area contributed by atoms with Crippen LogP contribution in [0.4, 0.5) is 5.69 Å². The number of aromatic carboxylic acids is 1. The predicted octanol–water partition coefficient (Wildman–Crippen LogP) is 3.57. The van der Waals surface area contributed by atoms with E-state index in [-0.39, 0.29) is 6.04 Å². The first kappa shape index (κ1) is 13.5. The van der Waals surface area contributed by atoms with Gasteiger partial charge >= 0.3 is 5.97 Å². The molecule has 2 unspecified atom stereocenters. The fraction of sp³-hybridized carbons (Fsp3) is 0.235.